The van der Waals surface area contributed by atoms with E-state index in [1.807, 2.05) is 78.9 Å². The third-order valence-corrected chi connectivity index (χ3v) is 6.83. The topological polar surface area (TPSA) is 127 Å². The number of rotatable bonds is 10. The Bertz CT molecular complexity index is 1470. The van der Waals surface area contributed by atoms with Crippen LogP contribution in [0.3, 0.4) is 0 Å². The van der Waals surface area contributed by atoms with Crippen LogP contribution in [0.2, 0.25) is 0 Å². The van der Waals surface area contributed by atoms with E-state index in [2.05, 4.69) is 10.6 Å². The number of carbonyl (C=O) groups is 3. The van der Waals surface area contributed by atoms with Crippen LogP contribution in [0, 0.1) is 0 Å². The number of amides is 2. The fourth-order valence-corrected chi connectivity index (χ4v) is 4.81. The molecule has 0 aliphatic heterocycles. The minimum Gasteiger partial charge on any atom is -0.480 e. The fraction of sp³-hybridized carbons (Fsp3) is 0.194. The molecule has 4 aromatic rings. The lowest BCUT2D eigenvalue weighted by atomic mass is 9.98. The maximum atomic E-state index is 12.9. The Morgan fingerprint density at radius 1 is 0.900 bits per heavy atom. The molecule has 0 radical (unpaired) electrons. The van der Waals surface area contributed by atoms with E-state index in [9.17, 15) is 19.5 Å². The number of hydrogen-bond acceptors (Lipinski definition) is 6. The molecular formula is C31H28N2O7. The van der Waals surface area contributed by atoms with E-state index in [1.54, 1.807) is 6.92 Å². The second-order valence-electron chi connectivity index (χ2n) is 9.41. The van der Waals surface area contributed by atoms with E-state index in [4.69, 9.17) is 13.9 Å². The Kier molecular flexibility index (Phi) is 7.93. The van der Waals surface area contributed by atoms with Gasteiger partial charge in [0.2, 0.25) is 5.76 Å². The maximum absolute atomic E-state index is 12.9. The average molecular weight is 541 g/mol. The summed E-state index contributed by atoms with van der Waals surface area (Å²) in [4.78, 5) is 37.5. The molecule has 40 heavy (non-hydrogen) atoms. The van der Waals surface area contributed by atoms with E-state index >= 15 is 0 Å². The molecule has 0 unspecified atom stereocenters. The summed E-state index contributed by atoms with van der Waals surface area (Å²) in [7, 11) is 0. The highest BCUT2D eigenvalue weighted by molar-refractivity contribution is 6.01. The van der Waals surface area contributed by atoms with E-state index in [1.165, 1.54) is 12.3 Å². The highest BCUT2D eigenvalue weighted by Crippen LogP contribution is 2.44. The summed E-state index contributed by atoms with van der Waals surface area (Å²) in [5, 5.41) is 14.6. The summed E-state index contributed by atoms with van der Waals surface area (Å²) in [5.41, 5.74) is 5.28. The Labute approximate surface area is 230 Å². The summed E-state index contributed by atoms with van der Waals surface area (Å²) in [6.07, 6.45) is -0.402. The van der Waals surface area contributed by atoms with Gasteiger partial charge < -0.3 is 24.3 Å². The highest BCUT2D eigenvalue weighted by atomic mass is 16.5. The molecule has 5 rings (SSSR count). The zero-order chi connectivity index (χ0) is 28.1. The molecule has 204 valence electrons. The van der Waals surface area contributed by atoms with Gasteiger partial charge in [0.25, 0.3) is 5.91 Å². The summed E-state index contributed by atoms with van der Waals surface area (Å²) >= 11 is 0. The number of anilines is 1. The molecule has 0 saturated carbocycles. The van der Waals surface area contributed by atoms with Crippen LogP contribution in [0.1, 0.15) is 40.1 Å². The van der Waals surface area contributed by atoms with E-state index in [0.29, 0.717) is 0 Å². The van der Waals surface area contributed by atoms with Gasteiger partial charge in [-0.2, -0.15) is 0 Å². The molecule has 0 fully saturated rings. The van der Waals surface area contributed by atoms with Gasteiger partial charge in [0, 0.05) is 12.0 Å². The van der Waals surface area contributed by atoms with Gasteiger partial charge in [-0.3, -0.25) is 10.1 Å². The van der Waals surface area contributed by atoms with Crippen molar-refractivity contribution in [1.82, 2.24) is 5.32 Å². The fourth-order valence-electron chi connectivity index (χ4n) is 4.81. The van der Waals surface area contributed by atoms with Crippen molar-refractivity contribution in [1.29, 1.82) is 0 Å². The minimum atomic E-state index is -1.36. The Morgan fingerprint density at radius 2 is 1.52 bits per heavy atom. The summed E-state index contributed by atoms with van der Waals surface area (Å²) in [6.45, 7) is 1.83. The number of carboxylic acid groups (broad SMARTS) is 1. The van der Waals surface area contributed by atoms with Crippen molar-refractivity contribution < 1.29 is 33.4 Å². The van der Waals surface area contributed by atoms with Crippen LogP contribution in [-0.2, 0) is 20.9 Å². The predicted octanol–water partition coefficient (Wildman–Crippen LogP) is 5.43. The van der Waals surface area contributed by atoms with Crippen molar-refractivity contribution in [2.75, 3.05) is 11.9 Å². The smallest absolute Gasteiger partial charge is 0.411 e. The molecule has 0 saturated heterocycles. The summed E-state index contributed by atoms with van der Waals surface area (Å²) in [6, 6.07) is 25.3. The van der Waals surface area contributed by atoms with Crippen molar-refractivity contribution in [2.45, 2.75) is 31.6 Å². The normalized spacial score (nSPS) is 13.5. The predicted molar refractivity (Wildman–Crippen MR) is 147 cm³/mol. The number of carboxylic acids is 1. The van der Waals surface area contributed by atoms with Gasteiger partial charge in [-0.1, -0.05) is 78.9 Å². The number of aliphatic carboxylic acids is 1. The zero-order valence-corrected chi connectivity index (χ0v) is 21.7. The second-order valence-corrected chi connectivity index (χ2v) is 9.41. The van der Waals surface area contributed by atoms with Gasteiger partial charge >= 0.3 is 12.1 Å². The van der Waals surface area contributed by atoms with Crippen LogP contribution < -0.4 is 10.6 Å². The average Bonchev–Trinajstić information content (AvgIpc) is 3.56. The number of ether oxygens (including phenoxy) is 2. The molecule has 1 aromatic heterocycles. The number of fused-ring (bicyclic) bond motifs is 3. The van der Waals surface area contributed by atoms with Gasteiger partial charge in [0.05, 0.1) is 24.7 Å². The van der Waals surface area contributed by atoms with Crippen LogP contribution in [-0.4, -0.2) is 41.8 Å². The lowest BCUT2D eigenvalue weighted by Crippen LogP contribution is -2.48. The number of furan rings is 1. The molecule has 3 aromatic carbocycles. The SMILES string of the molecule is C[C@@H](OCc1ccccc1)[C@H](NC(=O)c1occc1NC(=O)OCC1c2ccccc2-c2ccccc21)C(=O)O. The molecule has 3 N–H and O–H groups in total. The van der Waals surface area contributed by atoms with Crippen molar-refractivity contribution in [2.24, 2.45) is 0 Å². The van der Waals surface area contributed by atoms with Crippen LogP contribution in [0.4, 0.5) is 10.5 Å². The quantitative estimate of drug-likeness (QED) is 0.245. The summed E-state index contributed by atoms with van der Waals surface area (Å²) in [5.74, 6) is -2.47. The number of nitrogens with one attached hydrogen (secondary N) is 2. The van der Waals surface area contributed by atoms with Crippen molar-refractivity contribution in [3.8, 4) is 11.1 Å². The van der Waals surface area contributed by atoms with Gasteiger partial charge in [0.15, 0.2) is 6.04 Å². The van der Waals surface area contributed by atoms with Gasteiger partial charge in [-0.05, 0) is 34.7 Å². The van der Waals surface area contributed by atoms with Crippen molar-refractivity contribution in [3.63, 3.8) is 0 Å². The monoisotopic (exact) mass is 540 g/mol. The first-order chi connectivity index (χ1) is 19.4. The van der Waals surface area contributed by atoms with Crippen molar-refractivity contribution >= 4 is 23.7 Å². The molecular weight excluding hydrogens is 512 g/mol. The molecule has 1 aliphatic carbocycles. The maximum Gasteiger partial charge on any atom is 0.411 e. The first-order valence-electron chi connectivity index (χ1n) is 12.8. The molecule has 2 amide bonds. The van der Waals surface area contributed by atoms with Crippen LogP contribution >= 0.6 is 0 Å². The molecule has 9 nitrogen and oxygen atoms in total. The van der Waals surface area contributed by atoms with E-state index in [0.717, 1.165) is 27.8 Å². The van der Waals surface area contributed by atoms with Crippen molar-refractivity contribution in [3.05, 3.63) is 114 Å². The van der Waals surface area contributed by atoms with Gasteiger partial charge in [0.1, 0.15) is 6.61 Å². The number of carbonyl (C=O) groups excluding carboxylic acids is 2. The molecule has 9 heteroatoms. The molecule has 1 heterocycles. The Hall–Kier alpha value is -4.89. The third-order valence-electron chi connectivity index (χ3n) is 6.83. The first-order valence-corrected chi connectivity index (χ1v) is 12.8. The molecule has 0 bridgehead atoms. The zero-order valence-electron chi connectivity index (χ0n) is 21.7. The molecule has 1 aliphatic rings. The number of benzene rings is 3. The number of hydrogen-bond donors (Lipinski definition) is 3. The van der Waals surface area contributed by atoms with E-state index < -0.39 is 30.1 Å². The summed E-state index contributed by atoms with van der Waals surface area (Å²) < 4.78 is 16.5. The highest BCUT2D eigenvalue weighted by Gasteiger charge is 2.31. The van der Waals surface area contributed by atoms with Crippen LogP contribution in [0.15, 0.2) is 95.6 Å². The minimum absolute atomic E-state index is 0.0525. The third kappa shape index (κ3) is 5.74. The lowest BCUT2D eigenvalue weighted by Gasteiger charge is -2.21. The lowest BCUT2D eigenvalue weighted by molar-refractivity contribution is -0.143. The Balaban J connectivity index is 1.20. The standard InChI is InChI=1S/C31H28N2O7/c1-19(39-17-20-9-3-2-4-10-20)27(30(35)36)33-29(34)28-26(15-16-38-28)32-31(37)40-18-25-23-13-7-5-11-21(23)22-12-6-8-14-24(22)25/h2-16,19,25,27H,17-18H2,1H3,(H,32,37)(H,33,34)(H,35,36)/t19-,27+/m1/s1. The van der Waals surface area contributed by atoms with Gasteiger partial charge in [-0.25, -0.2) is 9.59 Å². The molecule has 0 spiro atoms. The largest absolute Gasteiger partial charge is 0.480 e. The first kappa shape index (κ1) is 26.7. The van der Waals surface area contributed by atoms with Crippen LogP contribution in [0.5, 0.6) is 0 Å². The molecule has 2 atom stereocenters. The van der Waals surface area contributed by atoms with Crippen LogP contribution in [0.25, 0.3) is 11.1 Å². The van der Waals surface area contributed by atoms with E-state index in [-0.39, 0.29) is 30.6 Å². The Morgan fingerprint density at radius 3 is 2.17 bits per heavy atom. The van der Waals surface area contributed by atoms with Gasteiger partial charge in [-0.15, -0.1) is 0 Å². The second kappa shape index (κ2) is 11.9.